The molecule has 0 radical (unpaired) electrons. The molecule has 2 fully saturated rings. The average molecular weight is 326 g/mol. The monoisotopic (exact) mass is 326 g/mol. The lowest BCUT2D eigenvalue weighted by Gasteiger charge is -2.17. The summed E-state index contributed by atoms with van der Waals surface area (Å²) in [5, 5.41) is 10.5. The quantitative estimate of drug-likeness (QED) is 0.653. The first kappa shape index (κ1) is 15.8. The number of nitrogens with one attached hydrogen (secondary N) is 1. The van der Waals surface area contributed by atoms with E-state index in [1.54, 1.807) is 0 Å². The van der Waals surface area contributed by atoms with Gasteiger partial charge in [-0.05, 0) is 0 Å². The first-order valence-corrected chi connectivity index (χ1v) is 7.15. The highest BCUT2D eigenvalue weighted by molar-refractivity contribution is 5.86. The van der Waals surface area contributed by atoms with Gasteiger partial charge in [0.1, 0.15) is 24.9 Å². The smallest absolute Gasteiger partial charge is 0.360 e. The van der Waals surface area contributed by atoms with Gasteiger partial charge in [0.2, 0.25) is 5.91 Å². The number of carbonyl (C=O) groups is 2. The minimum absolute atomic E-state index is 0.0110. The summed E-state index contributed by atoms with van der Waals surface area (Å²) in [5.41, 5.74) is 0.124. The van der Waals surface area contributed by atoms with E-state index < -0.39 is 5.97 Å². The molecule has 23 heavy (non-hydrogen) atoms. The van der Waals surface area contributed by atoms with Crippen LogP contribution in [-0.2, 0) is 23.7 Å². The number of amides is 1. The summed E-state index contributed by atoms with van der Waals surface area (Å²) in [6.07, 6.45) is 0.962. The van der Waals surface area contributed by atoms with Gasteiger partial charge < -0.3 is 24.3 Å². The number of methoxy groups -OCH3 is 2. The third-order valence-electron chi connectivity index (χ3n) is 3.89. The van der Waals surface area contributed by atoms with Crippen LogP contribution in [0.1, 0.15) is 16.5 Å². The van der Waals surface area contributed by atoms with E-state index >= 15 is 0 Å². The molecule has 0 saturated carbocycles. The highest BCUT2D eigenvalue weighted by Gasteiger charge is 2.49. The Kier molecular flexibility index (Phi) is 4.55. The van der Waals surface area contributed by atoms with E-state index in [1.807, 2.05) is 0 Å². The molecule has 2 saturated heterocycles. The van der Waals surface area contributed by atoms with Gasteiger partial charge in [0.25, 0.3) is 0 Å². The van der Waals surface area contributed by atoms with Crippen LogP contribution in [0.25, 0.3) is 0 Å². The molecule has 0 spiro atoms. The molecule has 10 nitrogen and oxygen atoms in total. The molecular weight excluding hydrogens is 308 g/mol. The van der Waals surface area contributed by atoms with Crippen LogP contribution >= 0.6 is 0 Å². The van der Waals surface area contributed by atoms with Crippen molar-refractivity contribution >= 4 is 11.9 Å². The van der Waals surface area contributed by atoms with Crippen LogP contribution in [0, 0.1) is 0 Å². The molecule has 0 aliphatic carbocycles. The molecule has 0 aromatic carbocycles. The summed E-state index contributed by atoms with van der Waals surface area (Å²) in [4.78, 5) is 23.1. The Morgan fingerprint density at radius 2 is 2.13 bits per heavy atom. The zero-order valence-corrected chi connectivity index (χ0v) is 12.8. The summed E-state index contributed by atoms with van der Waals surface area (Å²) >= 11 is 0. The molecule has 126 valence electrons. The Bertz CT molecular complexity index is 591. The topological polar surface area (TPSA) is 114 Å². The third-order valence-corrected chi connectivity index (χ3v) is 3.89. The SMILES string of the molecule is COCC(=O)N[C@H]1CO[C@H]2[C@@H]1OC[C@@H]2n1cc(C(=O)OC)nn1. The van der Waals surface area contributed by atoms with Gasteiger partial charge in [0.15, 0.2) is 5.69 Å². The van der Waals surface area contributed by atoms with Gasteiger partial charge in [-0.2, -0.15) is 0 Å². The van der Waals surface area contributed by atoms with Crippen molar-refractivity contribution in [3.63, 3.8) is 0 Å². The van der Waals surface area contributed by atoms with Crippen molar-refractivity contribution in [3.05, 3.63) is 11.9 Å². The summed E-state index contributed by atoms with van der Waals surface area (Å²) < 4.78 is 22.4. The number of hydrogen-bond donors (Lipinski definition) is 1. The number of aromatic nitrogens is 3. The molecule has 1 aromatic rings. The number of nitrogens with zero attached hydrogens (tertiary/aromatic N) is 3. The van der Waals surface area contributed by atoms with Gasteiger partial charge >= 0.3 is 5.97 Å². The van der Waals surface area contributed by atoms with E-state index in [1.165, 1.54) is 25.1 Å². The van der Waals surface area contributed by atoms with Crippen LogP contribution < -0.4 is 5.32 Å². The molecule has 2 aliphatic heterocycles. The van der Waals surface area contributed by atoms with E-state index in [0.29, 0.717) is 13.2 Å². The van der Waals surface area contributed by atoms with Crippen molar-refractivity contribution in [2.75, 3.05) is 34.0 Å². The molecule has 3 heterocycles. The molecule has 4 atom stereocenters. The first-order valence-electron chi connectivity index (χ1n) is 7.15. The molecule has 1 aromatic heterocycles. The van der Waals surface area contributed by atoms with Crippen molar-refractivity contribution in [1.82, 2.24) is 20.3 Å². The van der Waals surface area contributed by atoms with Crippen LogP contribution in [-0.4, -0.2) is 79.2 Å². The molecular formula is C13H18N4O6. The second kappa shape index (κ2) is 6.60. The van der Waals surface area contributed by atoms with Gasteiger partial charge in [-0.25, -0.2) is 9.48 Å². The lowest BCUT2D eigenvalue weighted by atomic mass is 10.1. The highest BCUT2D eigenvalue weighted by atomic mass is 16.6. The maximum atomic E-state index is 11.6. The highest BCUT2D eigenvalue weighted by Crippen LogP contribution is 2.33. The number of carbonyl (C=O) groups excluding carboxylic acids is 2. The molecule has 10 heteroatoms. The Morgan fingerprint density at radius 1 is 1.35 bits per heavy atom. The first-order chi connectivity index (χ1) is 11.1. The fraction of sp³-hybridized carbons (Fsp3) is 0.692. The van der Waals surface area contributed by atoms with E-state index in [0.717, 1.165) is 0 Å². The van der Waals surface area contributed by atoms with Gasteiger partial charge in [-0.3, -0.25) is 4.79 Å². The Morgan fingerprint density at radius 3 is 2.87 bits per heavy atom. The van der Waals surface area contributed by atoms with Crippen LogP contribution in [0.2, 0.25) is 0 Å². The predicted molar refractivity (Wildman–Crippen MR) is 73.7 cm³/mol. The van der Waals surface area contributed by atoms with Crippen molar-refractivity contribution < 1.29 is 28.5 Å². The van der Waals surface area contributed by atoms with Crippen molar-refractivity contribution in [1.29, 1.82) is 0 Å². The Balaban J connectivity index is 1.66. The van der Waals surface area contributed by atoms with Gasteiger partial charge in [-0.1, -0.05) is 5.21 Å². The van der Waals surface area contributed by atoms with E-state index in [2.05, 4.69) is 20.4 Å². The van der Waals surface area contributed by atoms with Crippen molar-refractivity contribution in [2.45, 2.75) is 24.3 Å². The molecule has 0 bridgehead atoms. The lowest BCUT2D eigenvalue weighted by Crippen LogP contribution is -2.45. The maximum Gasteiger partial charge on any atom is 0.360 e. The maximum absolute atomic E-state index is 11.6. The van der Waals surface area contributed by atoms with Crippen LogP contribution in [0.3, 0.4) is 0 Å². The third kappa shape index (κ3) is 3.05. The molecule has 2 aliphatic rings. The summed E-state index contributed by atoms with van der Waals surface area (Å²) in [6.45, 7) is 0.693. The van der Waals surface area contributed by atoms with Gasteiger partial charge in [0.05, 0.1) is 32.6 Å². The largest absolute Gasteiger partial charge is 0.464 e. The van der Waals surface area contributed by atoms with E-state index in [-0.39, 0.29) is 42.5 Å². The Labute approximate surface area is 132 Å². The summed E-state index contributed by atoms with van der Waals surface area (Å²) in [6, 6.07) is -0.452. The summed E-state index contributed by atoms with van der Waals surface area (Å²) in [7, 11) is 2.74. The van der Waals surface area contributed by atoms with E-state index in [4.69, 9.17) is 14.2 Å². The normalized spacial score (nSPS) is 29.3. The van der Waals surface area contributed by atoms with Crippen molar-refractivity contribution in [2.24, 2.45) is 0 Å². The second-order valence-corrected chi connectivity index (χ2v) is 5.35. The number of fused-ring (bicyclic) bond motifs is 1. The van der Waals surface area contributed by atoms with Gasteiger partial charge in [-0.15, -0.1) is 5.10 Å². The van der Waals surface area contributed by atoms with Crippen molar-refractivity contribution in [3.8, 4) is 0 Å². The molecule has 1 amide bonds. The zero-order valence-electron chi connectivity index (χ0n) is 12.8. The Hall–Kier alpha value is -2.04. The number of hydrogen-bond acceptors (Lipinski definition) is 8. The predicted octanol–water partition coefficient (Wildman–Crippen LogP) is -1.47. The van der Waals surface area contributed by atoms with E-state index in [9.17, 15) is 9.59 Å². The molecule has 3 rings (SSSR count). The lowest BCUT2D eigenvalue weighted by molar-refractivity contribution is -0.126. The fourth-order valence-electron chi connectivity index (χ4n) is 2.85. The minimum Gasteiger partial charge on any atom is -0.464 e. The van der Waals surface area contributed by atoms with Crippen LogP contribution in [0.15, 0.2) is 6.20 Å². The zero-order chi connectivity index (χ0) is 16.4. The molecule has 1 N–H and O–H groups in total. The minimum atomic E-state index is -0.552. The standard InChI is InChI=1S/C13H18N4O6/c1-20-6-10(18)14-8-4-22-12-9(5-23-11(8)12)17-3-7(15-16-17)13(19)21-2/h3,8-9,11-12H,4-6H2,1-2H3,(H,14,18)/t8-,9-,11+,12+/m0/s1. The second-order valence-electron chi connectivity index (χ2n) is 5.35. The van der Waals surface area contributed by atoms with Crippen LogP contribution in [0.5, 0.6) is 0 Å². The van der Waals surface area contributed by atoms with Gasteiger partial charge in [0, 0.05) is 7.11 Å². The number of ether oxygens (including phenoxy) is 4. The van der Waals surface area contributed by atoms with Crippen LogP contribution in [0.4, 0.5) is 0 Å². The fourth-order valence-corrected chi connectivity index (χ4v) is 2.85. The number of esters is 1. The molecule has 0 unspecified atom stereocenters. The number of rotatable bonds is 5. The summed E-state index contributed by atoms with van der Waals surface area (Å²) in [5.74, 6) is -0.772. The average Bonchev–Trinajstić information content (AvgIpc) is 3.23.